The van der Waals surface area contributed by atoms with Crippen LogP contribution < -0.4 is 36.1 Å². The maximum atomic E-state index is 13.2. The maximum absolute atomic E-state index is 13.2. The highest BCUT2D eigenvalue weighted by Crippen LogP contribution is 2.38. The summed E-state index contributed by atoms with van der Waals surface area (Å²) < 4.78 is 10.5. The van der Waals surface area contributed by atoms with Crippen molar-refractivity contribution in [1.29, 1.82) is 5.26 Å². The van der Waals surface area contributed by atoms with Gasteiger partial charge in [0.2, 0.25) is 5.91 Å². The molecule has 0 aliphatic rings. The number of ether oxygens (including phenoxy) is 2. The SMILES string of the molecule is COc1cc(C(=O)O)ccc1NC(=O)c1ccc(NC(=O)c2ccc(NC(=O)C(CC#N)NC(=O)c3ccc(NC(=O)/C(C)=C/c4ccc(O)cc4)cc3)cc2)c(OC)c1O. The molecule has 1 atom stereocenters. The number of amides is 5. The van der Waals surface area contributed by atoms with Gasteiger partial charge in [-0.25, -0.2) is 4.79 Å². The van der Waals surface area contributed by atoms with Crippen LogP contribution in [-0.4, -0.2) is 71.1 Å². The van der Waals surface area contributed by atoms with Crippen LogP contribution in [0.3, 0.4) is 0 Å². The van der Waals surface area contributed by atoms with E-state index < -0.39 is 41.4 Å². The Kier molecular flexibility index (Phi) is 14.0. The Balaban J connectivity index is 1.17. The molecule has 61 heavy (non-hydrogen) atoms. The van der Waals surface area contributed by atoms with Crippen molar-refractivity contribution in [2.45, 2.75) is 19.4 Å². The Labute approximate surface area is 348 Å². The molecular weight excluding hydrogens is 789 g/mol. The lowest BCUT2D eigenvalue weighted by molar-refractivity contribution is -0.118. The van der Waals surface area contributed by atoms with E-state index in [1.54, 1.807) is 25.1 Å². The van der Waals surface area contributed by atoms with Gasteiger partial charge in [-0.2, -0.15) is 5.26 Å². The van der Waals surface area contributed by atoms with Gasteiger partial charge < -0.3 is 51.4 Å². The fourth-order valence-corrected chi connectivity index (χ4v) is 5.67. The van der Waals surface area contributed by atoms with Crippen molar-refractivity contribution in [2.24, 2.45) is 0 Å². The molecule has 5 rings (SSSR count). The number of phenols is 2. The average molecular weight is 827 g/mol. The zero-order valence-corrected chi connectivity index (χ0v) is 32.7. The van der Waals surface area contributed by atoms with Crippen molar-refractivity contribution >= 4 is 64.3 Å². The van der Waals surface area contributed by atoms with Crippen molar-refractivity contribution in [1.82, 2.24) is 5.32 Å². The van der Waals surface area contributed by atoms with Crippen LogP contribution in [-0.2, 0) is 9.59 Å². The number of benzene rings is 5. The van der Waals surface area contributed by atoms with Gasteiger partial charge in [0.1, 0.15) is 17.5 Å². The number of nitriles is 1. The number of aromatic hydroxyl groups is 2. The minimum absolute atomic E-state index is 0.0195. The first kappa shape index (κ1) is 43.5. The van der Waals surface area contributed by atoms with E-state index in [2.05, 4.69) is 26.6 Å². The average Bonchev–Trinajstić information content (AvgIpc) is 3.24. The minimum atomic E-state index is -1.25. The summed E-state index contributed by atoms with van der Waals surface area (Å²) >= 11 is 0. The third-order valence-corrected chi connectivity index (χ3v) is 8.90. The number of phenolic OH excluding ortho intramolecular Hbond substituents is 2. The maximum Gasteiger partial charge on any atom is 0.335 e. The second-order valence-corrected chi connectivity index (χ2v) is 13.1. The molecule has 0 bridgehead atoms. The summed E-state index contributed by atoms with van der Waals surface area (Å²) in [6.07, 6.45) is 1.29. The highest BCUT2D eigenvalue weighted by atomic mass is 16.5. The van der Waals surface area contributed by atoms with E-state index in [-0.39, 0.29) is 68.9 Å². The number of carboxylic acid groups (broad SMARTS) is 1. The lowest BCUT2D eigenvalue weighted by Gasteiger charge is -2.17. The van der Waals surface area contributed by atoms with Crippen molar-refractivity contribution in [3.05, 3.63) is 137 Å². The molecule has 0 saturated carbocycles. The summed E-state index contributed by atoms with van der Waals surface area (Å²) in [5.41, 5.74) is 1.92. The quantitative estimate of drug-likeness (QED) is 0.0564. The van der Waals surface area contributed by atoms with Gasteiger partial charge in [-0.05, 0) is 110 Å². The standard InChI is InChI=1S/C44H38N6O11/c1-24(22-25-4-15-31(51)16-5-25)39(53)46-29-11-6-27(7-12-29)41(55)50-35(20-21-45)43(57)47-30-13-8-26(9-14-30)40(54)49-34-19-17-32(37(52)38(34)61-3)42(56)48-33-18-10-28(44(58)59)23-36(33)60-2/h4-19,22-23,35,51-52H,20H2,1-3H3,(H,46,53)(H,47,57)(H,48,56)(H,49,54)(H,50,55)(H,58,59)/b24-22+. The lowest BCUT2D eigenvalue weighted by Crippen LogP contribution is -2.43. The zero-order chi connectivity index (χ0) is 44.2. The third kappa shape index (κ3) is 11.1. The van der Waals surface area contributed by atoms with E-state index in [1.807, 2.05) is 6.07 Å². The number of carbonyl (C=O) groups excluding carboxylic acids is 5. The largest absolute Gasteiger partial charge is 0.508 e. The smallest absolute Gasteiger partial charge is 0.335 e. The van der Waals surface area contributed by atoms with E-state index in [4.69, 9.17) is 9.47 Å². The summed E-state index contributed by atoms with van der Waals surface area (Å²) in [6.45, 7) is 1.63. The number of hydrogen-bond acceptors (Lipinski definition) is 11. The van der Waals surface area contributed by atoms with Crippen LogP contribution >= 0.6 is 0 Å². The molecule has 0 fully saturated rings. The Morgan fingerprint density at radius 2 is 1.26 bits per heavy atom. The number of hydrogen-bond donors (Lipinski definition) is 8. The molecule has 0 spiro atoms. The number of nitrogens with one attached hydrogen (secondary N) is 5. The molecule has 8 N–H and O–H groups in total. The van der Waals surface area contributed by atoms with Gasteiger partial charge in [0, 0.05) is 28.1 Å². The van der Waals surface area contributed by atoms with Crippen LogP contribution in [0.1, 0.15) is 60.3 Å². The van der Waals surface area contributed by atoms with Gasteiger partial charge in [-0.1, -0.05) is 12.1 Å². The predicted molar refractivity (Wildman–Crippen MR) is 224 cm³/mol. The molecule has 5 aromatic rings. The van der Waals surface area contributed by atoms with E-state index in [0.717, 1.165) is 5.56 Å². The molecule has 0 aliphatic carbocycles. The summed E-state index contributed by atoms with van der Waals surface area (Å²) in [6, 6.07) is 24.9. The molecule has 0 saturated heterocycles. The van der Waals surface area contributed by atoms with Crippen molar-refractivity contribution in [3.8, 4) is 29.1 Å². The Morgan fingerprint density at radius 3 is 1.85 bits per heavy atom. The fraction of sp³-hybridized carbons (Fsp3) is 0.114. The summed E-state index contributed by atoms with van der Waals surface area (Å²) in [7, 11) is 2.52. The number of aromatic carboxylic acids is 1. The Hall–Kier alpha value is -8.65. The van der Waals surface area contributed by atoms with E-state index in [9.17, 15) is 49.3 Å². The molecule has 0 heterocycles. The topological polar surface area (TPSA) is 266 Å². The van der Waals surface area contributed by atoms with Crippen LogP contribution in [0, 0.1) is 11.3 Å². The molecule has 1 unspecified atom stereocenters. The summed E-state index contributed by atoms with van der Waals surface area (Å²) in [5.74, 6) is -5.00. The molecule has 0 aliphatic heterocycles. The normalized spacial score (nSPS) is 11.2. The van der Waals surface area contributed by atoms with Crippen LogP contribution in [0.25, 0.3) is 6.08 Å². The third-order valence-electron chi connectivity index (χ3n) is 8.90. The molecule has 0 radical (unpaired) electrons. The number of anilines is 4. The van der Waals surface area contributed by atoms with Crippen LogP contribution in [0.15, 0.2) is 109 Å². The van der Waals surface area contributed by atoms with E-state index in [1.165, 1.54) is 105 Å². The zero-order valence-electron chi connectivity index (χ0n) is 32.7. The number of carboxylic acids is 1. The van der Waals surface area contributed by atoms with Gasteiger partial charge in [0.05, 0.1) is 49.2 Å². The first-order valence-corrected chi connectivity index (χ1v) is 18.1. The van der Waals surface area contributed by atoms with Gasteiger partial charge >= 0.3 is 5.97 Å². The molecular formula is C44H38N6O11. The van der Waals surface area contributed by atoms with Crippen LogP contribution in [0.4, 0.5) is 22.7 Å². The van der Waals surface area contributed by atoms with Crippen molar-refractivity contribution in [3.63, 3.8) is 0 Å². The highest BCUT2D eigenvalue weighted by Gasteiger charge is 2.24. The van der Waals surface area contributed by atoms with Gasteiger partial charge in [-0.15, -0.1) is 0 Å². The monoisotopic (exact) mass is 826 g/mol. The number of carbonyl (C=O) groups is 6. The molecule has 17 heteroatoms. The van der Waals surface area contributed by atoms with E-state index in [0.29, 0.717) is 11.3 Å². The van der Waals surface area contributed by atoms with Gasteiger partial charge in [-0.3, -0.25) is 24.0 Å². The first-order chi connectivity index (χ1) is 29.2. The van der Waals surface area contributed by atoms with Crippen LogP contribution in [0.5, 0.6) is 23.0 Å². The number of rotatable bonds is 15. The summed E-state index contributed by atoms with van der Waals surface area (Å²) in [5, 5.41) is 52.0. The second-order valence-electron chi connectivity index (χ2n) is 13.1. The van der Waals surface area contributed by atoms with Gasteiger partial charge in [0.15, 0.2) is 11.5 Å². The van der Waals surface area contributed by atoms with Crippen molar-refractivity contribution in [2.75, 3.05) is 35.5 Å². The second kappa shape index (κ2) is 19.7. The van der Waals surface area contributed by atoms with Crippen molar-refractivity contribution < 1.29 is 53.6 Å². The molecule has 310 valence electrons. The molecule has 0 aromatic heterocycles. The summed E-state index contributed by atoms with van der Waals surface area (Å²) in [4.78, 5) is 76.4. The predicted octanol–water partition coefficient (Wildman–Crippen LogP) is 6.01. The Morgan fingerprint density at radius 1 is 0.689 bits per heavy atom. The highest BCUT2D eigenvalue weighted by molar-refractivity contribution is 6.10. The van der Waals surface area contributed by atoms with Gasteiger partial charge in [0.25, 0.3) is 23.6 Å². The fourth-order valence-electron chi connectivity index (χ4n) is 5.67. The van der Waals surface area contributed by atoms with Crippen LogP contribution in [0.2, 0.25) is 0 Å². The lowest BCUT2D eigenvalue weighted by atomic mass is 10.1. The van der Waals surface area contributed by atoms with E-state index >= 15 is 0 Å². The first-order valence-electron chi connectivity index (χ1n) is 18.1. The number of nitrogens with zero attached hydrogens (tertiary/aromatic N) is 1. The molecule has 5 amide bonds. The number of methoxy groups -OCH3 is 2. The molecule has 17 nitrogen and oxygen atoms in total. The minimum Gasteiger partial charge on any atom is -0.508 e. The Bertz CT molecular complexity index is 2570. The molecule has 5 aromatic carbocycles.